The molecule has 11 atom stereocenters. The summed E-state index contributed by atoms with van der Waals surface area (Å²) in [7, 11) is 0. The topological polar surface area (TPSA) is 17.1 Å². The first-order chi connectivity index (χ1) is 15.3. The summed E-state index contributed by atoms with van der Waals surface area (Å²) in [5.74, 6) is 6.66. The molecule has 188 valence electrons. The molecule has 3 saturated carbocycles. The van der Waals surface area contributed by atoms with Crippen molar-refractivity contribution in [1.29, 1.82) is 0 Å². The van der Waals surface area contributed by atoms with Gasteiger partial charge in [-0.2, -0.15) is 0 Å². The van der Waals surface area contributed by atoms with Crippen LogP contribution in [0.2, 0.25) is 0 Å². The summed E-state index contributed by atoms with van der Waals surface area (Å²) >= 11 is 0. The lowest BCUT2D eigenvalue weighted by Crippen LogP contribution is -2.56. The highest BCUT2D eigenvalue weighted by Gasteiger charge is 2.65. The molecule has 33 heavy (non-hydrogen) atoms. The van der Waals surface area contributed by atoms with Crippen molar-refractivity contribution in [2.75, 3.05) is 0 Å². The van der Waals surface area contributed by atoms with Crippen LogP contribution in [0, 0.1) is 69.5 Å². The van der Waals surface area contributed by atoms with Crippen LogP contribution in [0.1, 0.15) is 114 Å². The Morgan fingerprint density at radius 1 is 0.909 bits per heavy atom. The highest BCUT2D eigenvalue weighted by molar-refractivity contribution is 5.94. The first-order valence-electron chi connectivity index (χ1n) is 14.5. The molecule has 0 aromatic heterocycles. The van der Waals surface area contributed by atoms with E-state index < -0.39 is 0 Å². The van der Waals surface area contributed by atoms with E-state index in [1.54, 1.807) is 5.57 Å². The third-order valence-corrected chi connectivity index (χ3v) is 13.0. The predicted molar refractivity (Wildman–Crippen MR) is 141 cm³/mol. The third kappa shape index (κ3) is 3.72. The van der Waals surface area contributed by atoms with Gasteiger partial charge in [0.05, 0.1) is 0 Å². The van der Waals surface area contributed by atoms with E-state index in [9.17, 15) is 4.79 Å². The molecule has 4 aliphatic rings. The summed E-state index contributed by atoms with van der Waals surface area (Å²) in [6.07, 6.45) is 11.2. The third-order valence-electron chi connectivity index (χ3n) is 13.0. The Hall–Kier alpha value is -0.590. The van der Waals surface area contributed by atoms with Crippen LogP contribution in [0.5, 0.6) is 0 Å². The van der Waals surface area contributed by atoms with Gasteiger partial charge in [-0.1, -0.05) is 74.8 Å². The van der Waals surface area contributed by atoms with Crippen LogP contribution >= 0.6 is 0 Å². The van der Waals surface area contributed by atoms with Crippen LogP contribution in [0.25, 0.3) is 0 Å². The molecule has 4 aliphatic carbocycles. The van der Waals surface area contributed by atoms with E-state index in [1.807, 2.05) is 0 Å². The molecule has 0 saturated heterocycles. The van der Waals surface area contributed by atoms with Crippen molar-refractivity contribution < 1.29 is 4.79 Å². The van der Waals surface area contributed by atoms with E-state index in [1.165, 1.54) is 38.5 Å². The molecule has 0 heterocycles. The fourth-order valence-corrected chi connectivity index (χ4v) is 9.63. The molecular formula is C32H54O. The summed E-state index contributed by atoms with van der Waals surface area (Å²) in [4.78, 5) is 13.6. The van der Waals surface area contributed by atoms with E-state index >= 15 is 0 Å². The molecule has 1 unspecified atom stereocenters. The summed E-state index contributed by atoms with van der Waals surface area (Å²) in [6, 6.07) is 0. The summed E-state index contributed by atoms with van der Waals surface area (Å²) in [6.45, 7) is 24.8. The fourth-order valence-electron chi connectivity index (χ4n) is 9.63. The van der Waals surface area contributed by atoms with Gasteiger partial charge in [0.15, 0.2) is 5.78 Å². The maximum Gasteiger partial charge on any atom is 0.159 e. The van der Waals surface area contributed by atoms with Crippen LogP contribution < -0.4 is 0 Å². The van der Waals surface area contributed by atoms with Crippen LogP contribution in [-0.4, -0.2) is 5.78 Å². The van der Waals surface area contributed by atoms with Crippen molar-refractivity contribution in [2.45, 2.75) is 114 Å². The van der Waals surface area contributed by atoms with Gasteiger partial charge in [-0.25, -0.2) is 0 Å². The highest BCUT2D eigenvalue weighted by Crippen LogP contribution is 2.72. The molecule has 0 aromatic carbocycles. The minimum Gasteiger partial charge on any atom is -0.295 e. The van der Waals surface area contributed by atoms with Crippen LogP contribution in [0.15, 0.2) is 11.6 Å². The highest BCUT2D eigenvalue weighted by atomic mass is 16.1. The van der Waals surface area contributed by atoms with Crippen molar-refractivity contribution in [3.05, 3.63) is 11.6 Å². The second-order valence-electron chi connectivity index (χ2n) is 14.7. The lowest BCUT2D eigenvalue weighted by molar-refractivity contribution is -0.134. The quantitative estimate of drug-likeness (QED) is 0.405. The number of allylic oxidation sites excluding steroid dienone is 2. The van der Waals surface area contributed by atoms with Crippen molar-refractivity contribution in [3.63, 3.8) is 0 Å². The van der Waals surface area contributed by atoms with Crippen LogP contribution in [0.3, 0.4) is 0 Å². The van der Waals surface area contributed by atoms with E-state index in [0.717, 1.165) is 41.9 Å². The molecule has 0 aliphatic heterocycles. The Morgan fingerprint density at radius 2 is 1.58 bits per heavy atom. The zero-order chi connectivity index (χ0) is 24.5. The van der Waals surface area contributed by atoms with Crippen molar-refractivity contribution in [2.24, 2.45) is 69.5 Å². The maximum atomic E-state index is 13.6. The van der Waals surface area contributed by atoms with Gasteiger partial charge in [-0.3, -0.25) is 4.79 Å². The standard InChI is InChI=1S/C32H54O/c1-19(2)20(3)15-22(5)24(7)25-11-13-32(10)27-17-29(33)28-16-21(4)23(6)18-30(28,8)26(27)12-14-31(25,32)9/h17,19-26,28H,11-16,18H2,1-10H3/t20-,21-,22-,23+,24-,25-,26?,28+,30-,31-,32+/m1/s1. The fraction of sp³-hybridized carbons (Fsp3) is 0.906. The van der Waals surface area contributed by atoms with E-state index in [2.05, 4.69) is 75.3 Å². The van der Waals surface area contributed by atoms with Gasteiger partial charge in [0, 0.05) is 5.92 Å². The van der Waals surface area contributed by atoms with Gasteiger partial charge in [-0.15, -0.1) is 0 Å². The van der Waals surface area contributed by atoms with Crippen molar-refractivity contribution in [3.8, 4) is 0 Å². The van der Waals surface area contributed by atoms with E-state index in [4.69, 9.17) is 0 Å². The predicted octanol–water partition coefficient (Wildman–Crippen LogP) is 8.97. The molecule has 0 aromatic rings. The van der Waals surface area contributed by atoms with E-state index in [-0.39, 0.29) is 16.7 Å². The number of fused-ring (bicyclic) bond motifs is 5. The molecule has 0 radical (unpaired) electrons. The molecule has 0 amide bonds. The summed E-state index contributed by atoms with van der Waals surface area (Å²) in [5.41, 5.74) is 2.30. The Kier molecular flexibility index (Phi) is 6.58. The molecular weight excluding hydrogens is 400 g/mol. The number of carbonyl (C=O) groups excluding carboxylic acids is 1. The van der Waals surface area contributed by atoms with Crippen LogP contribution in [0.4, 0.5) is 0 Å². The van der Waals surface area contributed by atoms with Crippen LogP contribution in [-0.2, 0) is 4.79 Å². The monoisotopic (exact) mass is 454 g/mol. The van der Waals surface area contributed by atoms with Gasteiger partial charge < -0.3 is 0 Å². The first-order valence-corrected chi connectivity index (χ1v) is 14.5. The summed E-state index contributed by atoms with van der Waals surface area (Å²) < 4.78 is 0. The number of carbonyl (C=O) groups is 1. The van der Waals surface area contributed by atoms with Gasteiger partial charge in [0.1, 0.15) is 0 Å². The van der Waals surface area contributed by atoms with Gasteiger partial charge in [0.25, 0.3) is 0 Å². The Morgan fingerprint density at radius 3 is 2.21 bits per heavy atom. The maximum absolute atomic E-state index is 13.6. The summed E-state index contributed by atoms with van der Waals surface area (Å²) in [5, 5.41) is 0. The molecule has 4 rings (SSSR count). The lowest BCUT2D eigenvalue weighted by Gasteiger charge is -2.61. The van der Waals surface area contributed by atoms with Gasteiger partial charge in [-0.05, 0) is 115 Å². The zero-order valence-electron chi connectivity index (χ0n) is 23.6. The Bertz CT molecular complexity index is 792. The smallest absolute Gasteiger partial charge is 0.159 e. The molecule has 0 bridgehead atoms. The lowest BCUT2D eigenvalue weighted by atomic mass is 9.42. The first kappa shape index (κ1) is 25.5. The SMILES string of the molecule is CC(C)[C@H](C)C[C@@H](C)[C@@H](C)[C@H]1CC[C@@]2(C)C3=CC(=O)[C@@H]4C[C@@H](C)[C@@H](C)C[C@]4(C)C3CC[C@]12C. The largest absolute Gasteiger partial charge is 0.295 e. The molecule has 1 nitrogen and oxygen atoms in total. The number of hydrogen-bond donors (Lipinski definition) is 0. The Labute approximate surface area is 206 Å². The minimum absolute atomic E-state index is 0.182. The number of ketones is 1. The average Bonchev–Trinajstić information content (AvgIpc) is 3.01. The zero-order valence-corrected chi connectivity index (χ0v) is 23.6. The molecule has 0 spiro atoms. The molecule has 1 heteroatoms. The number of rotatable bonds is 5. The van der Waals surface area contributed by atoms with Gasteiger partial charge >= 0.3 is 0 Å². The molecule has 0 N–H and O–H groups in total. The van der Waals surface area contributed by atoms with Crippen molar-refractivity contribution >= 4 is 5.78 Å². The van der Waals surface area contributed by atoms with Gasteiger partial charge in [0.2, 0.25) is 0 Å². The normalized spacial score (nSPS) is 47.9. The number of hydrogen-bond acceptors (Lipinski definition) is 1. The second-order valence-corrected chi connectivity index (χ2v) is 14.7. The molecule has 3 fully saturated rings. The Balaban J connectivity index is 1.64. The van der Waals surface area contributed by atoms with E-state index in [0.29, 0.717) is 23.0 Å². The minimum atomic E-state index is 0.182. The average molecular weight is 455 g/mol. The van der Waals surface area contributed by atoms with Crippen molar-refractivity contribution in [1.82, 2.24) is 0 Å². The second kappa shape index (κ2) is 8.51.